The molecule has 0 radical (unpaired) electrons. The fourth-order valence-corrected chi connectivity index (χ4v) is 3.05. The Morgan fingerprint density at radius 3 is 2.45 bits per heavy atom. The van der Waals surface area contributed by atoms with Crippen LogP contribution in [0.15, 0.2) is 47.5 Å². The van der Waals surface area contributed by atoms with E-state index in [1.807, 2.05) is 0 Å². The number of aromatic nitrogens is 3. The molecular formula is C18H12Cl2F4N4O. The summed E-state index contributed by atoms with van der Waals surface area (Å²) in [5.74, 6) is -0.608. The van der Waals surface area contributed by atoms with Crippen molar-refractivity contribution in [3.8, 4) is 5.82 Å². The molecule has 1 N–H and O–H groups in total. The van der Waals surface area contributed by atoms with Gasteiger partial charge in [-0.05, 0) is 36.8 Å². The first-order valence-electron chi connectivity index (χ1n) is 8.11. The third kappa shape index (κ3) is 4.51. The number of nitrogens with zero attached hydrogens (tertiary/aromatic N) is 3. The summed E-state index contributed by atoms with van der Waals surface area (Å²) in [6.45, 7) is 1.72. The minimum Gasteiger partial charge on any atom is -0.376 e. The Kier molecular flexibility index (Phi) is 5.81. The number of alkyl halides is 3. The topological polar surface area (TPSA) is 59.8 Å². The molecule has 152 valence electrons. The highest BCUT2D eigenvalue weighted by atomic mass is 35.5. The van der Waals surface area contributed by atoms with E-state index < -0.39 is 29.2 Å². The molecule has 3 rings (SSSR count). The summed E-state index contributed by atoms with van der Waals surface area (Å²) >= 11 is 12.1. The molecule has 0 aliphatic rings. The molecule has 11 heteroatoms. The van der Waals surface area contributed by atoms with Crippen molar-refractivity contribution < 1.29 is 17.6 Å². The Morgan fingerprint density at radius 1 is 1.14 bits per heavy atom. The molecule has 0 saturated carbocycles. The highest BCUT2D eigenvalue weighted by molar-refractivity contribution is 6.33. The minimum atomic E-state index is -4.55. The summed E-state index contributed by atoms with van der Waals surface area (Å²) in [7, 11) is 0. The zero-order valence-corrected chi connectivity index (χ0v) is 16.1. The van der Waals surface area contributed by atoms with Crippen molar-refractivity contribution >= 4 is 28.9 Å². The van der Waals surface area contributed by atoms with Crippen molar-refractivity contribution in [1.29, 1.82) is 0 Å². The highest BCUT2D eigenvalue weighted by Gasteiger charge is 2.30. The highest BCUT2D eigenvalue weighted by Crippen LogP contribution is 2.30. The van der Waals surface area contributed by atoms with Crippen molar-refractivity contribution in [3.05, 3.63) is 80.1 Å². The number of hydrogen-bond donors (Lipinski definition) is 1. The van der Waals surface area contributed by atoms with Gasteiger partial charge in [0.2, 0.25) is 0 Å². The van der Waals surface area contributed by atoms with Gasteiger partial charge in [-0.15, -0.1) is 0 Å². The number of hydrogen-bond acceptors (Lipinski definition) is 4. The fourth-order valence-electron chi connectivity index (χ4n) is 2.54. The van der Waals surface area contributed by atoms with E-state index in [0.29, 0.717) is 11.8 Å². The van der Waals surface area contributed by atoms with E-state index in [2.05, 4.69) is 15.4 Å². The average molecular weight is 447 g/mol. The molecule has 5 nitrogen and oxygen atoms in total. The van der Waals surface area contributed by atoms with Gasteiger partial charge in [0.1, 0.15) is 10.8 Å². The van der Waals surface area contributed by atoms with Crippen molar-refractivity contribution in [2.24, 2.45) is 0 Å². The van der Waals surface area contributed by atoms with Crippen LogP contribution in [-0.2, 0) is 6.18 Å². The predicted molar refractivity (Wildman–Crippen MR) is 101 cm³/mol. The van der Waals surface area contributed by atoms with Crippen LogP contribution in [0.3, 0.4) is 0 Å². The molecule has 29 heavy (non-hydrogen) atoms. The van der Waals surface area contributed by atoms with Crippen LogP contribution in [0.1, 0.15) is 24.1 Å². The summed E-state index contributed by atoms with van der Waals surface area (Å²) in [5, 5.41) is 6.80. The third-order valence-corrected chi connectivity index (χ3v) is 4.70. The number of anilines is 1. The SMILES string of the molecule is CC(Nc1cnn(-c2ccc(C(F)(F)F)cn2)c(=O)c1Cl)c1ccc(F)cc1Cl. The van der Waals surface area contributed by atoms with Gasteiger partial charge in [0, 0.05) is 11.2 Å². The largest absolute Gasteiger partial charge is 0.417 e. The molecule has 0 aliphatic carbocycles. The smallest absolute Gasteiger partial charge is 0.376 e. The van der Waals surface area contributed by atoms with E-state index in [9.17, 15) is 22.4 Å². The molecule has 0 fully saturated rings. The Hall–Kier alpha value is -2.65. The molecule has 3 aromatic rings. The van der Waals surface area contributed by atoms with Crippen molar-refractivity contribution in [2.75, 3.05) is 5.32 Å². The Bertz CT molecular complexity index is 1100. The van der Waals surface area contributed by atoms with Gasteiger partial charge in [0.05, 0.1) is 23.5 Å². The van der Waals surface area contributed by atoms with E-state index in [1.54, 1.807) is 6.92 Å². The van der Waals surface area contributed by atoms with Gasteiger partial charge < -0.3 is 5.32 Å². The summed E-state index contributed by atoms with van der Waals surface area (Å²) < 4.78 is 51.9. The predicted octanol–water partition coefficient (Wildman–Crippen LogP) is 5.27. The number of benzene rings is 1. The summed E-state index contributed by atoms with van der Waals surface area (Å²) in [6.07, 6.45) is -2.72. The van der Waals surface area contributed by atoms with Gasteiger partial charge in [-0.1, -0.05) is 29.3 Å². The first kappa shape index (κ1) is 21.1. The van der Waals surface area contributed by atoms with Crippen LogP contribution < -0.4 is 10.9 Å². The van der Waals surface area contributed by atoms with Crippen LogP contribution in [0.2, 0.25) is 10.0 Å². The molecule has 0 saturated heterocycles. The molecule has 0 bridgehead atoms. The van der Waals surface area contributed by atoms with Gasteiger partial charge in [-0.25, -0.2) is 9.37 Å². The Labute approximate surface area is 171 Å². The third-order valence-electron chi connectivity index (χ3n) is 4.01. The maximum Gasteiger partial charge on any atom is 0.417 e. The lowest BCUT2D eigenvalue weighted by molar-refractivity contribution is -0.137. The first-order chi connectivity index (χ1) is 13.6. The monoisotopic (exact) mass is 446 g/mol. The minimum absolute atomic E-state index is 0.119. The van der Waals surface area contributed by atoms with Crippen LogP contribution >= 0.6 is 23.2 Å². The maximum atomic E-state index is 13.2. The molecule has 0 aliphatic heterocycles. The van der Waals surface area contributed by atoms with Crippen LogP contribution in [0.5, 0.6) is 0 Å². The second-order valence-electron chi connectivity index (χ2n) is 6.02. The number of halogens is 6. The first-order valence-corrected chi connectivity index (χ1v) is 8.86. The fraction of sp³-hybridized carbons (Fsp3) is 0.167. The van der Waals surface area contributed by atoms with E-state index in [0.717, 1.165) is 22.9 Å². The second kappa shape index (κ2) is 8.00. The van der Waals surface area contributed by atoms with E-state index in [1.165, 1.54) is 18.3 Å². The van der Waals surface area contributed by atoms with Crippen molar-refractivity contribution in [1.82, 2.24) is 14.8 Å². The van der Waals surface area contributed by atoms with Crippen LogP contribution in [0.25, 0.3) is 5.82 Å². The van der Waals surface area contributed by atoms with Gasteiger partial charge in [-0.2, -0.15) is 23.0 Å². The molecule has 0 spiro atoms. The number of pyridine rings is 1. The standard InChI is InChI=1S/C18H12Cl2F4N4O/c1-9(12-4-3-11(21)6-13(12)19)27-14-8-26-28(17(29)16(14)20)15-5-2-10(7-25-15)18(22,23)24/h2-9,27H,1H3. The van der Waals surface area contributed by atoms with Gasteiger partial charge in [0.15, 0.2) is 5.82 Å². The second-order valence-corrected chi connectivity index (χ2v) is 6.81. The lowest BCUT2D eigenvalue weighted by Gasteiger charge is -2.18. The molecule has 0 amide bonds. The summed E-state index contributed by atoms with van der Waals surface area (Å²) in [5.41, 5.74) is -0.990. The molecule has 1 aromatic carbocycles. The Balaban J connectivity index is 1.89. The van der Waals surface area contributed by atoms with E-state index in [4.69, 9.17) is 23.2 Å². The summed E-state index contributed by atoms with van der Waals surface area (Å²) in [6, 6.07) is 5.25. The van der Waals surface area contributed by atoms with Crippen LogP contribution in [-0.4, -0.2) is 14.8 Å². The van der Waals surface area contributed by atoms with Gasteiger partial charge in [-0.3, -0.25) is 4.79 Å². The normalized spacial score (nSPS) is 12.7. The zero-order valence-electron chi connectivity index (χ0n) is 14.6. The van der Waals surface area contributed by atoms with Crippen molar-refractivity contribution in [2.45, 2.75) is 19.1 Å². The van der Waals surface area contributed by atoms with E-state index in [-0.39, 0.29) is 21.6 Å². The average Bonchev–Trinajstić information content (AvgIpc) is 2.65. The molecule has 1 unspecified atom stereocenters. The quantitative estimate of drug-likeness (QED) is 0.554. The number of nitrogens with one attached hydrogen (secondary N) is 1. The van der Waals surface area contributed by atoms with E-state index >= 15 is 0 Å². The summed E-state index contributed by atoms with van der Waals surface area (Å²) in [4.78, 5) is 16.1. The molecule has 2 heterocycles. The van der Waals surface area contributed by atoms with Crippen LogP contribution in [0, 0.1) is 5.82 Å². The molecule has 1 atom stereocenters. The van der Waals surface area contributed by atoms with Crippen LogP contribution in [0.4, 0.5) is 23.2 Å². The van der Waals surface area contributed by atoms with Gasteiger partial charge >= 0.3 is 6.18 Å². The van der Waals surface area contributed by atoms with Gasteiger partial charge in [0.25, 0.3) is 5.56 Å². The lowest BCUT2D eigenvalue weighted by Crippen LogP contribution is -2.24. The molecule has 2 aromatic heterocycles. The lowest BCUT2D eigenvalue weighted by atomic mass is 10.1. The zero-order chi connectivity index (χ0) is 21.3. The maximum absolute atomic E-state index is 13.2. The van der Waals surface area contributed by atoms with Crippen molar-refractivity contribution in [3.63, 3.8) is 0 Å². The number of rotatable bonds is 4. The molecular weight excluding hydrogens is 435 g/mol. The Morgan fingerprint density at radius 2 is 1.86 bits per heavy atom.